The second-order valence-electron chi connectivity index (χ2n) is 2.64. The molecule has 0 atom stereocenters. The third-order valence-electron chi connectivity index (χ3n) is 1.68. The summed E-state index contributed by atoms with van der Waals surface area (Å²) in [6, 6.07) is 6.19. The second kappa shape index (κ2) is 4.36. The van der Waals surface area contributed by atoms with Gasteiger partial charge in [0.25, 0.3) is 6.54 Å². The SMILES string of the molecule is COc1ccc(C(=O)C[N+](=O)[O-])cc1. The number of hydrogen-bond donors (Lipinski definition) is 0. The third kappa shape index (κ3) is 2.55. The number of benzene rings is 1. The van der Waals surface area contributed by atoms with Crippen molar-refractivity contribution in [3.63, 3.8) is 0 Å². The summed E-state index contributed by atoms with van der Waals surface area (Å²) in [5, 5.41) is 10.1. The first-order chi connectivity index (χ1) is 6.63. The van der Waals surface area contributed by atoms with E-state index in [0.29, 0.717) is 11.3 Å². The van der Waals surface area contributed by atoms with Crippen LogP contribution in [-0.4, -0.2) is 24.4 Å². The molecule has 0 fully saturated rings. The Morgan fingerprint density at radius 3 is 2.43 bits per heavy atom. The quantitative estimate of drug-likeness (QED) is 0.410. The molecule has 0 N–H and O–H groups in total. The zero-order valence-electron chi connectivity index (χ0n) is 7.60. The summed E-state index contributed by atoms with van der Waals surface area (Å²) in [5.74, 6) is 0.111. The van der Waals surface area contributed by atoms with Crippen molar-refractivity contribution in [2.24, 2.45) is 0 Å². The minimum atomic E-state index is -0.674. The molecule has 0 unspecified atom stereocenters. The number of ether oxygens (including phenoxy) is 1. The van der Waals surface area contributed by atoms with E-state index in [1.54, 1.807) is 12.1 Å². The van der Waals surface area contributed by atoms with E-state index < -0.39 is 17.3 Å². The van der Waals surface area contributed by atoms with E-state index in [-0.39, 0.29) is 0 Å². The highest BCUT2D eigenvalue weighted by atomic mass is 16.6. The van der Waals surface area contributed by atoms with Crippen LogP contribution in [0, 0.1) is 10.1 Å². The molecular formula is C9H9NO4. The van der Waals surface area contributed by atoms with Crippen molar-refractivity contribution >= 4 is 5.78 Å². The summed E-state index contributed by atoms with van der Waals surface area (Å²) in [7, 11) is 1.51. The molecule has 0 spiro atoms. The Morgan fingerprint density at radius 1 is 1.43 bits per heavy atom. The van der Waals surface area contributed by atoms with Crippen LogP contribution in [-0.2, 0) is 0 Å². The van der Waals surface area contributed by atoms with Crippen molar-refractivity contribution in [3.05, 3.63) is 39.9 Å². The molecule has 14 heavy (non-hydrogen) atoms. The third-order valence-corrected chi connectivity index (χ3v) is 1.68. The molecule has 0 aliphatic carbocycles. The van der Waals surface area contributed by atoms with Crippen molar-refractivity contribution in [1.29, 1.82) is 0 Å². The highest BCUT2D eigenvalue weighted by Gasteiger charge is 2.11. The smallest absolute Gasteiger partial charge is 0.265 e. The Morgan fingerprint density at radius 2 is 2.00 bits per heavy atom. The van der Waals surface area contributed by atoms with Crippen molar-refractivity contribution in [2.45, 2.75) is 0 Å². The van der Waals surface area contributed by atoms with E-state index in [1.807, 2.05) is 0 Å². The molecule has 0 amide bonds. The molecule has 0 aliphatic heterocycles. The fourth-order valence-electron chi connectivity index (χ4n) is 0.985. The van der Waals surface area contributed by atoms with Gasteiger partial charge in [0, 0.05) is 10.5 Å². The zero-order chi connectivity index (χ0) is 10.6. The highest BCUT2D eigenvalue weighted by molar-refractivity contribution is 5.96. The van der Waals surface area contributed by atoms with Crippen LogP contribution < -0.4 is 4.74 Å². The molecule has 0 bridgehead atoms. The van der Waals surface area contributed by atoms with E-state index >= 15 is 0 Å². The molecule has 1 aromatic rings. The number of rotatable bonds is 4. The van der Waals surface area contributed by atoms with Crippen LogP contribution >= 0.6 is 0 Å². The van der Waals surface area contributed by atoms with Crippen LogP contribution in [0.5, 0.6) is 5.75 Å². The van der Waals surface area contributed by atoms with Crippen molar-refractivity contribution in [3.8, 4) is 5.75 Å². The van der Waals surface area contributed by atoms with Gasteiger partial charge in [-0.2, -0.15) is 0 Å². The van der Waals surface area contributed by atoms with Crippen molar-refractivity contribution in [1.82, 2.24) is 0 Å². The van der Waals surface area contributed by atoms with Crippen LogP contribution in [0.1, 0.15) is 10.4 Å². The van der Waals surface area contributed by atoms with E-state index in [4.69, 9.17) is 4.74 Å². The summed E-state index contributed by atoms with van der Waals surface area (Å²) in [5.41, 5.74) is 0.322. The number of carbonyl (C=O) groups excluding carboxylic acids is 1. The first kappa shape index (κ1) is 10.2. The standard InChI is InChI=1S/C9H9NO4/c1-14-8-4-2-7(3-5-8)9(11)6-10(12)13/h2-5H,6H2,1H3. The zero-order valence-corrected chi connectivity index (χ0v) is 7.60. The average Bonchev–Trinajstić information content (AvgIpc) is 2.17. The summed E-state index contributed by atoms with van der Waals surface area (Å²) in [6.07, 6.45) is 0. The molecule has 5 nitrogen and oxygen atoms in total. The Labute approximate surface area is 80.5 Å². The summed E-state index contributed by atoms with van der Waals surface area (Å²) in [4.78, 5) is 20.6. The first-order valence-electron chi connectivity index (χ1n) is 3.92. The minimum absolute atomic E-state index is 0.322. The van der Waals surface area contributed by atoms with Gasteiger partial charge in [-0.1, -0.05) is 0 Å². The Kier molecular flexibility index (Phi) is 3.17. The molecule has 1 rings (SSSR count). The Balaban J connectivity index is 2.76. The lowest BCUT2D eigenvalue weighted by Crippen LogP contribution is -2.13. The predicted octanol–water partition coefficient (Wildman–Crippen LogP) is 1.15. The van der Waals surface area contributed by atoms with Crippen LogP contribution in [0.3, 0.4) is 0 Å². The molecule has 0 heterocycles. The second-order valence-corrected chi connectivity index (χ2v) is 2.64. The topological polar surface area (TPSA) is 69.4 Å². The highest BCUT2D eigenvalue weighted by Crippen LogP contribution is 2.11. The first-order valence-corrected chi connectivity index (χ1v) is 3.92. The molecule has 0 aromatic heterocycles. The number of nitrogens with zero attached hydrogens (tertiary/aromatic N) is 1. The Bertz CT molecular complexity index is 344. The molecule has 0 saturated heterocycles. The van der Waals surface area contributed by atoms with Crippen LogP contribution in [0.15, 0.2) is 24.3 Å². The number of ketones is 1. The molecule has 5 heteroatoms. The van der Waals surface area contributed by atoms with Gasteiger partial charge in [0.2, 0.25) is 5.78 Å². The van der Waals surface area contributed by atoms with Gasteiger partial charge in [0.1, 0.15) is 5.75 Å². The summed E-state index contributed by atoms with van der Waals surface area (Å²) in [6.45, 7) is -0.674. The number of nitro groups is 1. The van der Waals surface area contributed by atoms with E-state index in [0.717, 1.165) is 0 Å². The Hall–Kier alpha value is -1.91. The van der Waals surface area contributed by atoms with Gasteiger partial charge in [-0.05, 0) is 24.3 Å². The number of methoxy groups -OCH3 is 1. The molecule has 0 saturated carbocycles. The van der Waals surface area contributed by atoms with Crippen LogP contribution in [0.25, 0.3) is 0 Å². The van der Waals surface area contributed by atoms with Gasteiger partial charge in [0.05, 0.1) is 7.11 Å². The molecule has 1 aromatic carbocycles. The van der Waals surface area contributed by atoms with Gasteiger partial charge in [-0.3, -0.25) is 14.9 Å². The van der Waals surface area contributed by atoms with E-state index in [1.165, 1.54) is 19.2 Å². The average molecular weight is 195 g/mol. The van der Waals surface area contributed by atoms with Crippen molar-refractivity contribution in [2.75, 3.05) is 13.7 Å². The monoisotopic (exact) mass is 195 g/mol. The number of Topliss-reactive ketones (excluding diaryl/α,β-unsaturated/α-hetero) is 1. The van der Waals surface area contributed by atoms with Gasteiger partial charge in [0.15, 0.2) is 0 Å². The van der Waals surface area contributed by atoms with Gasteiger partial charge < -0.3 is 4.74 Å². The molecule has 0 radical (unpaired) electrons. The lowest BCUT2D eigenvalue weighted by molar-refractivity contribution is -0.465. The summed E-state index contributed by atoms with van der Waals surface area (Å²) >= 11 is 0. The van der Waals surface area contributed by atoms with Gasteiger partial charge in [-0.25, -0.2) is 0 Å². The maximum absolute atomic E-state index is 11.2. The predicted molar refractivity (Wildman–Crippen MR) is 49.2 cm³/mol. The number of hydrogen-bond acceptors (Lipinski definition) is 4. The maximum Gasteiger partial charge on any atom is 0.265 e. The van der Waals surface area contributed by atoms with Gasteiger partial charge >= 0.3 is 0 Å². The molecule has 74 valence electrons. The lowest BCUT2D eigenvalue weighted by atomic mass is 10.1. The summed E-state index contributed by atoms with van der Waals surface area (Å²) < 4.78 is 4.88. The van der Waals surface area contributed by atoms with Crippen LogP contribution in [0.2, 0.25) is 0 Å². The fraction of sp³-hybridized carbons (Fsp3) is 0.222. The maximum atomic E-state index is 11.2. The minimum Gasteiger partial charge on any atom is -0.497 e. The van der Waals surface area contributed by atoms with Crippen LogP contribution in [0.4, 0.5) is 0 Å². The number of carbonyl (C=O) groups is 1. The molecular weight excluding hydrogens is 186 g/mol. The van der Waals surface area contributed by atoms with E-state index in [2.05, 4.69) is 0 Å². The fourth-order valence-corrected chi connectivity index (χ4v) is 0.985. The lowest BCUT2D eigenvalue weighted by Gasteiger charge is -1.99. The van der Waals surface area contributed by atoms with E-state index in [9.17, 15) is 14.9 Å². The normalized spacial score (nSPS) is 9.50. The molecule has 0 aliphatic rings. The van der Waals surface area contributed by atoms with Gasteiger partial charge in [-0.15, -0.1) is 0 Å². The van der Waals surface area contributed by atoms with Crippen molar-refractivity contribution < 1.29 is 14.5 Å². The largest absolute Gasteiger partial charge is 0.497 e.